The van der Waals surface area contributed by atoms with E-state index >= 15 is 0 Å². The van der Waals surface area contributed by atoms with Crippen LogP contribution in [-0.2, 0) is 9.53 Å². The maximum absolute atomic E-state index is 11.0. The number of ether oxygens (including phenoxy) is 1. The van der Waals surface area contributed by atoms with E-state index < -0.39 is 6.10 Å². The molecule has 0 rings (SSSR count). The molecular weight excluding hydrogens is 156 g/mol. The third kappa shape index (κ3) is 4.34. The molecule has 72 valence electrons. The Morgan fingerprint density at radius 3 is 2.42 bits per heavy atom. The molecule has 0 saturated carbocycles. The minimum atomic E-state index is -0.573. The molecule has 0 amide bonds. The zero-order chi connectivity index (χ0) is 9.56. The molecule has 1 N–H and O–H groups in total. The Bertz CT molecular complexity index is 132. The lowest BCUT2D eigenvalue weighted by Gasteiger charge is -2.18. The SMILES string of the molecule is CCCC(=O)OC(CC)C(C)O. The van der Waals surface area contributed by atoms with Crippen molar-refractivity contribution in [1.82, 2.24) is 0 Å². The molecule has 0 aliphatic carbocycles. The number of aliphatic hydroxyl groups excluding tert-OH is 1. The number of aliphatic hydroxyl groups is 1. The van der Waals surface area contributed by atoms with Crippen LogP contribution < -0.4 is 0 Å². The van der Waals surface area contributed by atoms with Crippen molar-refractivity contribution in [2.75, 3.05) is 0 Å². The van der Waals surface area contributed by atoms with Gasteiger partial charge < -0.3 is 9.84 Å². The van der Waals surface area contributed by atoms with E-state index in [0.717, 1.165) is 6.42 Å². The molecule has 0 aliphatic heterocycles. The highest BCUT2D eigenvalue weighted by atomic mass is 16.6. The lowest BCUT2D eigenvalue weighted by atomic mass is 10.2. The molecule has 0 fully saturated rings. The molecule has 0 bridgehead atoms. The summed E-state index contributed by atoms with van der Waals surface area (Å²) in [5.74, 6) is -0.217. The minimum absolute atomic E-state index is 0.217. The van der Waals surface area contributed by atoms with Crippen molar-refractivity contribution < 1.29 is 14.6 Å². The summed E-state index contributed by atoms with van der Waals surface area (Å²) >= 11 is 0. The third-order valence-electron chi connectivity index (χ3n) is 1.68. The van der Waals surface area contributed by atoms with E-state index in [0.29, 0.717) is 12.8 Å². The Balaban J connectivity index is 3.77. The van der Waals surface area contributed by atoms with Crippen molar-refractivity contribution >= 4 is 5.97 Å². The van der Waals surface area contributed by atoms with Crippen molar-refractivity contribution in [2.45, 2.75) is 52.2 Å². The zero-order valence-electron chi connectivity index (χ0n) is 8.04. The first-order valence-corrected chi connectivity index (χ1v) is 4.49. The molecule has 0 aromatic heterocycles. The number of hydrogen-bond donors (Lipinski definition) is 1. The average molecular weight is 174 g/mol. The molecule has 3 nitrogen and oxygen atoms in total. The van der Waals surface area contributed by atoms with Crippen molar-refractivity contribution in [2.24, 2.45) is 0 Å². The van der Waals surface area contributed by atoms with E-state index in [2.05, 4.69) is 0 Å². The molecule has 0 aromatic carbocycles. The fourth-order valence-corrected chi connectivity index (χ4v) is 0.955. The number of rotatable bonds is 5. The first-order valence-electron chi connectivity index (χ1n) is 4.49. The van der Waals surface area contributed by atoms with E-state index in [-0.39, 0.29) is 12.1 Å². The molecular formula is C9H18O3. The van der Waals surface area contributed by atoms with Gasteiger partial charge in [-0.05, 0) is 19.8 Å². The summed E-state index contributed by atoms with van der Waals surface area (Å²) < 4.78 is 5.01. The summed E-state index contributed by atoms with van der Waals surface area (Å²) in [6.45, 7) is 5.44. The fraction of sp³-hybridized carbons (Fsp3) is 0.889. The van der Waals surface area contributed by atoms with Crippen LogP contribution in [0.1, 0.15) is 40.0 Å². The smallest absolute Gasteiger partial charge is 0.306 e. The second kappa shape index (κ2) is 6.00. The first kappa shape index (κ1) is 11.4. The van der Waals surface area contributed by atoms with Crippen LogP contribution >= 0.6 is 0 Å². The highest BCUT2D eigenvalue weighted by Crippen LogP contribution is 2.05. The van der Waals surface area contributed by atoms with Crippen LogP contribution in [0.5, 0.6) is 0 Å². The predicted molar refractivity (Wildman–Crippen MR) is 46.8 cm³/mol. The van der Waals surface area contributed by atoms with Crippen LogP contribution in [0.15, 0.2) is 0 Å². The molecule has 0 aliphatic rings. The van der Waals surface area contributed by atoms with Gasteiger partial charge in [0.15, 0.2) is 0 Å². The van der Waals surface area contributed by atoms with Gasteiger partial charge in [0.25, 0.3) is 0 Å². The number of hydrogen-bond acceptors (Lipinski definition) is 3. The van der Waals surface area contributed by atoms with Gasteiger partial charge in [0.2, 0.25) is 0 Å². The van der Waals surface area contributed by atoms with E-state index in [1.165, 1.54) is 0 Å². The van der Waals surface area contributed by atoms with Gasteiger partial charge in [0.1, 0.15) is 6.10 Å². The monoisotopic (exact) mass is 174 g/mol. The third-order valence-corrected chi connectivity index (χ3v) is 1.68. The van der Waals surface area contributed by atoms with Gasteiger partial charge in [0, 0.05) is 6.42 Å². The summed E-state index contributed by atoms with van der Waals surface area (Å²) in [6.07, 6.45) is 0.964. The lowest BCUT2D eigenvalue weighted by molar-refractivity contribution is -0.154. The summed E-state index contributed by atoms with van der Waals surface area (Å²) in [6, 6.07) is 0. The summed E-state index contributed by atoms with van der Waals surface area (Å²) in [4.78, 5) is 11.0. The Morgan fingerprint density at radius 2 is 2.08 bits per heavy atom. The highest BCUT2D eigenvalue weighted by molar-refractivity contribution is 5.69. The van der Waals surface area contributed by atoms with Gasteiger partial charge >= 0.3 is 5.97 Å². The van der Waals surface area contributed by atoms with Gasteiger partial charge in [-0.2, -0.15) is 0 Å². The van der Waals surface area contributed by atoms with Crippen LogP contribution in [-0.4, -0.2) is 23.3 Å². The molecule has 0 spiro atoms. The van der Waals surface area contributed by atoms with Gasteiger partial charge in [-0.15, -0.1) is 0 Å². The van der Waals surface area contributed by atoms with Crippen LogP contribution in [0.2, 0.25) is 0 Å². The Hall–Kier alpha value is -0.570. The highest BCUT2D eigenvalue weighted by Gasteiger charge is 2.16. The van der Waals surface area contributed by atoms with E-state index in [9.17, 15) is 4.79 Å². The maximum atomic E-state index is 11.0. The van der Waals surface area contributed by atoms with Crippen molar-refractivity contribution in [1.29, 1.82) is 0 Å². The van der Waals surface area contributed by atoms with Gasteiger partial charge in [-0.3, -0.25) is 4.79 Å². The normalized spacial score (nSPS) is 15.3. The number of esters is 1. The first-order chi connectivity index (χ1) is 5.61. The molecule has 2 unspecified atom stereocenters. The largest absolute Gasteiger partial charge is 0.460 e. The topological polar surface area (TPSA) is 46.5 Å². The Kier molecular flexibility index (Phi) is 5.72. The second-order valence-corrected chi connectivity index (χ2v) is 2.93. The number of carbonyl (C=O) groups is 1. The molecule has 0 heterocycles. The summed E-state index contributed by atoms with van der Waals surface area (Å²) in [7, 11) is 0. The van der Waals surface area contributed by atoms with Crippen LogP contribution in [0.25, 0.3) is 0 Å². The zero-order valence-corrected chi connectivity index (χ0v) is 8.04. The standard InChI is InChI=1S/C9H18O3/c1-4-6-9(11)12-8(5-2)7(3)10/h7-8,10H,4-6H2,1-3H3. The number of carbonyl (C=O) groups excluding carboxylic acids is 1. The lowest BCUT2D eigenvalue weighted by Crippen LogP contribution is -2.28. The van der Waals surface area contributed by atoms with Gasteiger partial charge in [0.05, 0.1) is 6.10 Å². The average Bonchev–Trinajstić information content (AvgIpc) is 2.00. The minimum Gasteiger partial charge on any atom is -0.460 e. The van der Waals surface area contributed by atoms with Crippen LogP contribution in [0, 0.1) is 0 Å². The molecule has 2 atom stereocenters. The second-order valence-electron chi connectivity index (χ2n) is 2.93. The summed E-state index contributed by atoms with van der Waals surface area (Å²) in [5.41, 5.74) is 0. The molecule has 12 heavy (non-hydrogen) atoms. The maximum Gasteiger partial charge on any atom is 0.306 e. The van der Waals surface area contributed by atoms with Crippen LogP contribution in [0.4, 0.5) is 0 Å². The van der Waals surface area contributed by atoms with Crippen molar-refractivity contribution in [3.8, 4) is 0 Å². The molecule has 0 saturated heterocycles. The van der Waals surface area contributed by atoms with Gasteiger partial charge in [-0.1, -0.05) is 13.8 Å². The predicted octanol–water partition coefficient (Wildman–Crippen LogP) is 1.49. The molecule has 0 aromatic rings. The Morgan fingerprint density at radius 1 is 1.50 bits per heavy atom. The summed E-state index contributed by atoms with van der Waals surface area (Å²) in [5, 5.41) is 9.15. The van der Waals surface area contributed by atoms with Crippen LogP contribution in [0.3, 0.4) is 0 Å². The van der Waals surface area contributed by atoms with E-state index in [1.54, 1.807) is 6.92 Å². The van der Waals surface area contributed by atoms with E-state index in [1.807, 2.05) is 13.8 Å². The quantitative estimate of drug-likeness (QED) is 0.642. The molecule has 0 radical (unpaired) electrons. The van der Waals surface area contributed by atoms with E-state index in [4.69, 9.17) is 9.84 Å². The molecule has 3 heteroatoms. The van der Waals surface area contributed by atoms with Gasteiger partial charge in [-0.25, -0.2) is 0 Å². The fourth-order valence-electron chi connectivity index (χ4n) is 0.955. The van der Waals surface area contributed by atoms with Crippen molar-refractivity contribution in [3.05, 3.63) is 0 Å². The Labute approximate surface area is 73.7 Å². The van der Waals surface area contributed by atoms with Crippen molar-refractivity contribution in [3.63, 3.8) is 0 Å².